The van der Waals surface area contributed by atoms with Gasteiger partial charge in [-0.15, -0.1) is 0 Å². The molecule has 5 heteroatoms. The van der Waals surface area contributed by atoms with E-state index in [1.165, 1.54) is 11.8 Å². The number of thioether (sulfide) groups is 1. The average molecular weight is 325 g/mol. The highest BCUT2D eigenvalue weighted by molar-refractivity contribution is 8.00. The van der Waals surface area contributed by atoms with Crippen LogP contribution >= 0.6 is 11.8 Å². The van der Waals surface area contributed by atoms with Gasteiger partial charge in [-0.05, 0) is 57.0 Å². The molecule has 23 heavy (non-hydrogen) atoms. The van der Waals surface area contributed by atoms with Gasteiger partial charge in [-0.25, -0.2) is 4.98 Å². The summed E-state index contributed by atoms with van der Waals surface area (Å²) in [6, 6.07) is 11.6. The molecule has 2 aromatic rings. The number of amides is 1. The number of hydrogen-bond donors (Lipinski definition) is 1. The number of aryl methyl sites for hydroxylation is 3. The van der Waals surface area contributed by atoms with E-state index >= 15 is 0 Å². The molecule has 0 saturated carbocycles. The highest BCUT2D eigenvalue weighted by atomic mass is 32.2. The number of carbonyl (C=O) groups excluding carboxylic acids is 1. The number of nitriles is 1. The third kappa shape index (κ3) is 4.33. The first-order valence-electron chi connectivity index (χ1n) is 7.33. The molecule has 118 valence electrons. The first kappa shape index (κ1) is 17.0. The number of carbonyl (C=O) groups is 1. The lowest BCUT2D eigenvalue weighted by molar-refractivity contribution is -0.115. The molecular weight excluding hydrogens is 306 g/mol. The molecule has 0 saturated heterocycles. The molecule has 0 bridgehead atoms. The second-order valence-electron chi connectivity index (χ2n) is 5.48. The maximum atomic E-state index is 12.4. The van der Waals surface area contributed by atoms with Crippen molar-refractivity contribution in [3.8, 4) is 6.07 Å². The zero-order chi connectivity index (χ0) is 17.0. The average Bonchev–Trinajstić information content (AvgIpc) is 2.51. The van der Waals surface area contributed by atoms with E-state index in [2.05, 4.69) is 16.4 Å². The van der Waals surface area contributed by atoms with Gasteiger partial charge in [0, 0.05) is 11.4 Å². The number of pyridine rings is 1. The topological polar surface area (TPSA) is 65.8 Å². The van der Waals surface area contributed by atoms with E-state index in [1.54, 1.807) is 12.1 Å². The fraction of sp³-hybridized carbons (Fsp3) is 0.278. The predicted molar refractivity (Wildman–Crippen MR) is 93.6 cm³/mol. The molecule has 1 aromatic carbocycles. The zero-order valence-electron chi connectivity index (χ0n) is 13.7. The number of anilines is 1. The van der Waals surface area contributed by atoms with Crippen molar-refractivity contribution in [3.05, 3.63) is 52.7 Å². The van der Waals surface area contributed by atoms with Crippen LogP contribution in [0, 0.1) is 32.1 Å². The second kappa shape index (κ2) is 7.30. The van der Waals surface area contributed by atoms with Gasteiger partial charge in [0.2, 0.25) is 5.91 Å². The van der Waals surface area contributed by atoms with Crippen LogP contribution in [0.2, 0.25) is 0 Å². The summed E-state index contributed by atoms with van der Waals surface area (Å²) in [5.41, 5.74) is 4.26. The number of nitrogens with one attached hydrogen (secondary N) is 1. The summed E-state index contributed by atoms with van der Waals surface area (Å²) in [5, 5.41) is 12.4. The van der Waals surface area contributed by atoms with E-state index in [0.717, 1.165) is 22.5 Å². The quantitative estimate of drug-likeness (QED) is 0.863. The van der Waals surface area contributed by atoms with Gasteiger partial charge in [0.25, 0.3) is 0 Å². The van der Waals surface area contributed by atoms with Crippen LogP contribution in [0.1, 0.15) is 29.3 Å². The van der Waals surface area contributed by atoms with Gasteiger partial charge in [0.15, 0.2) is 0 Å². The van der Waals surface area contributed by atoms with E-state index in [0.29, 0.717) is 10.6 Å². The fourth-order valence-corrected chi connectivity index (χ4v) is 2.97. The molecule has 0 radical (unpaired) electrons. The Bertz CT molecular complexity index is 780. The summed E-state index contributed by atoms with van der Waals surface area (Å²) >= 11 is 1.30. The lowest BCUT2D eigenvalue weighted by atomic mass is 10.1. The van der Waals surface area contributed by atoms with Crippen LogP contribution in [-0.4, -0.2) is 16.1 Å². The van der Waals surface area contributed by atoms with Crippen molar-refractivity contribution in [3.63, 3.8) is 0 Å². The van der Waals surface area contributed by atoms with Crippen molar-refractivity contribution >= 4 is 23.4 Å². The van der Waals surface area contributed by atoms with Crippen molar-refractivity contribution in [1.29, 1.82) is 5.26 Å². The number of aromatic nitrogens is 1. The van der Waals surface area contributed by atoms with Gasteiger partial charge < -0.3 is 5.32 Å². The minimum Gasteiger partial charge on any atom is -0.325 e. The van der Waals surface area contributed by atoms with Crippen molar-refractivity contribution in [2.24, 2.45) is 0 Å². The van der Waals surface area contributed by atoms with E-state index in [1.807, 2.05) is 45.9 Å². The fourth-order valence-electron chi connectivity index (χ4n) is 2.03. The number of nitrogens with zero attached hydrogens (tertiary/aromatic N) is 2. The van der Waals surface area contributed by atoms with E-state index in [9.17, 15) is 4.79 Å². The first-order chi connectivity index (χ1) is 10.9. The molecular formula is C18H19N3OS. The molecule has 1 aromatic heterocycles. The molecule has 1 heterocycles. The van der Waals surface area contributed by atoms with Crippen LogP contribution in [0.5, 0.6) is 0 Å². The molecule has 1 unspecified atom stereocenters. The van der Waals surface area contributed by atoms with Gasteiger partial charge in [-0.3, -0.25) is 4.79 Å². The standard InChI is InChI=1S/C18H19N3OS/c1-11-5-6-12(2)16(9-11)21-17(22)14(4)23-18-15(10-19)8-7-13(3)20-18/h5-9,14H,1-4H3,(H,21,22). The number of rotatable bonds is 4. The largest absolute Gasteiger partial charge is 0.325 e. The molecule has 0 aliphatic carbocycles. The van der Waals surface area contributed by atoms with Gasteiger partial charge in [-0.1, -0.05) is 23.9 Å². The van der Waals surface area contributed by atoms with E-state index < -0.39 is 0 Å². The Morgan fingerprint density at radius 1 is 1.26 bits per heavy atom. The third-order valence-corrected chi connectivity index (χ3v) is 4.53. The Balaban J connectivity index is 2.13. The maximum absolute atomic E-state index is 12.4. The minimum atomic E-state index is -0.351. The highest BCUT2D eigenvalue weighted by Crippen LogP contribution is 2.26. The van der Waals surface area contributed by atoms with Crippen LogP contribution in [0.15, 0.2) is 35.4 Å². The van der Waals surface area contributed by atoms with Crippen LogP contribution in [0.25, 0.3) is 0 Å². The molecule has 0 aliphatic heterocycles. The Labute approximate surface area is 140 Å². The van der Waals surface area contributed by atoms with Crippen molar-refractivity contribution < 1.29 is 4.79 Å². The van der Waals surface area contributed by atoms with E-state index in [4.69, 9.17) is 5.26 Å². The lowest BCUT2D eigenvalue weighted by Gasteiger charge is -2.14. The van der Waals surface area contributed by atoms with Gasteiger partial charge >= 0.3 is 0 Å². The second-order valence-corrected chi connectivity index (χ2v) is 6.81. The normalized spacial score (nSPS) is 11.6. The summed E-state index contributed by atoms with van der Waals surface area (Å²) in [7, 11) is 0. The van der Waals surface area contributed by atoms with Gasteiger partial charge in [0.05, 0.1) is 10.8 Å². The van der Waals surface area contributed by atoms with Crippen LogP contribution in [0.3, 0.4) is 0 Å². The Hall–Kier alpha value is -2.32. The predicted octanol–water partition coefficient (Wildman–Crippen LogP) is 4.00. The molecule has 0 spiro atoms. The smallest absolute Gasteiger partial charge is 0.237 e. The third-order valence-electron chi connectivity index (χ3n) is 3.43. The monoisotopic (exact) mass is 325 g/mol. The SMILES string of the molecule is Cc1ccc(C)c(NC(=O)C(C)Sc2nc(C)ccc2C#N)c1. The van der Waals surface area contributed by atoms with Crippen molar-refractivity contribution in [1.82, 2.24) is 4.98 Å². The summed E-state index contributed by atoms with van der Waals surface area (Å²) in [5.74, 6) is -0.101. The molecule has 0 aliphatic rings. The zero-order valence-corrected chi connectivity index (χ0v) is 14.5. The molecule has 1 N–H and O–H groups in total. The molecule has 4 nitrogen and oxygen atoms in total. The maximum Gasteiger partial charge on any atom is 0.237 e. The van der Waals surface area contributed by atoms with Gasteiger partial charge in [-0.2, -0.15) is 5.26 Å². The summed E-state index contributed by atoms with van der Waals surface area (Å²) in [4.78, 5) is 16.8. The molecule has 1 amide bonds. The molecule has 1 atom stereocenters. The lowest BCUT2D eigenvalue weighted by Crippen LogP contribution is -2.23. The van der Waals surface area contributed by atoms with Crippen molar-refractivity contribution in [2.45, 2.75) is 38.0 Å². The summed E-state index contributed by atoms with van der Waals surface area (Å²) in [6.07, 6.45) is 0. The van der Waals surface area contributed by atoms with Crippen molar-refractivity contribution in [2.75, 3.05) is 5.32 Å². The van der Waals surface area contributed by atoms with E-state index in [-0.39, 0.29) is 11.2 Å². The van der Waals surface area contributed by atoms with Crippen LogP contribution in [0.4, 0.5) is 5.69 Å². The Morgan fingerprint density at radius 2 is 2.00 bits per heavy atom. The Kier molecular flexibility index (Phi) is 5.41. The number of benzene rings is 1. The Morgan fingerprint density at radius 3 is 2.70 bits per heavy atom. The molecule has 0 fully saturated rings. The highest BCUT2D eigenvalue weighted by Gasteiger charge is 2.18. The van der Waals surface area contributed by atoms with Gasteiger partial charge in [0.1, 0.15) is 11.1 Å². The minimum absolute atomic E-state index is 0.101. The van der Waals surface area contributed by atoms with Crippen LogP contribution in [-0.2, 0) is 4.79 Å². The summed E-state index contributed by atoms with van der Waals surface area (Å²) < 4.78 is 0. The first-order valence-corrected chi connectivity index (χ1v) is 8.21. The summed E-state index contributed by atoms with van der Waals surface area (Å²) in [6.45, 7) is 7.63. The number of hydrogen-bond acceptors (Lipinski definition) is 4. The van der Waals surface area contributed by atoms with Crippen LogP contribution < -0.4 is 5.32 Å². The molecule has 2 rings (SSSR count).